The second-order valence-electron chi connectivity index (χ2n) is 7.93. The Morgan fingerprint density at radius 3 is 2.41 bits per heavy atom. The van der Waals surface area contributed by atoms with Crippen molar-refractivity contribution in [2.75, 3.05) is 0 Å². The number of H-pyrrole nitrogens is 1. The summed E-state index contributed by atoms with van der Waals surface area (Å²) in [7, 11) is 0. The SMILES string of the molecule is O=C(NC12CC3CC(CC(C3)C1)C2)c1ccc2cc[nH]c2c1. The summed E-state index contributed by atoms with van der Waals surface area (Å²) in [4.78, 5) is 16.0. The Bertz CT molecular complexity index is 709. The normalized spacial score (nSPS) is 35.9. The van der Waals surface area contributed by atoms with Gasteiger partial charge in [-0.2, -0.15) is 0 Å². The summed E-state index contributed by atoms with van der Waals surface area (Å²) in [5.41, 5.74) is 1.92. The fourth-order valence-electron chi connectivity index (χ4n) is 5.77. The van der Waals surface area contributed by atoms with Gasteiger partial charge in [-0.05, 0) is 79.9 Å². The van der Waals surface area contributed by atoms with Crippen LogP contribution < -0.4 is 5.32 Å². The van der Waals surface area contributed by atoms with Crippen molar-refractivity contribution in [2.45, 2.75) is 44.1 Å². The Balaban J connectivity index is 1.42. The van der Waals surface area contributed by atoms with Crippen LogP contribution in [-0.4, -0.2) is 16.4 Å². The molecule has 22 heavy (non-hydrogen) atoms. The maximum atomic E-state index is 12.8. The van der Waals surface area contributed by atoms with Crippen molar-refractivity contribution in [1.82, 2.24) is 10.3 Å². The van der Waals surface area contributed by atoms with E-state index in [4.69, 9.17) is 0 Å². The molecule has 3 heteroatoms. The minimum Gasteiger partial charge on any atom is -0.361 e. The molecule has 4 bridgehead atoms. The molecule has 0 aliphatic heterocycles. The maximum absolute atomic E-state index is 12.8. The maximum Gasteiger partial charge on any atom is 0.251 e. The number of rotatable bonds is 2. The molecule has 4 aliphatic carbocycles. The number of aromatic nitrogens is 1. The molecule has 4 fully saturated rings. The summed E-state index contributed by atoms with van der Waals surface area (Å²) in [6.45, 7) is 0. The lowest BCUT2D eigenvalue weighted by Crippen LogP contribution is -2.59. The van der Waals surface area contributed by atoms with Gasteiger partial charge in [-0.15, -0.1) is 0 Å². The van der Waals surface area contributed by atoms with E-state index >= 15 is 0 Å². The van der Waals surface area contributed by atoms with E-state index in [1.54, 1.807) is 0 Å². The monoisotopic (exact) mass is 294 g/mol. The van der Waals surface area contributed by atoms with Crippen LogP contribution in [0.5, 0.6) is 0 Å². The largest absolute Gasteiger partial charge is 0.361 e. The molecule has 114 valence electrons. The molecule has 0 unspecified atom stereocenters. The number of fused-ring (bicyclic) bond motifs is 1. The number of nitrogens with one attached hydrogen (secondary N) is 2. The average Bonchev–Trinajstić information content (AvgIpc) is 2.92. The molecule has 2 aromatic rings. The molecule has 4 saturated carbocycles. The molecule has 0 saturated heterocycles. The Labute approximate surface area is 130 Å². The van der Waals surface area contributed by atoms with Crippen molar-refractivity contribution >= 4 is 16.8 Å². The van der Waals surface area contributed by atoms with Crippen molar-refractivity contribution in [3.8, 4) is 0 Å². The molecule has 1 amide bonds. The third-order valence-corrected chi connectivity index (χ3v) is 6.23. The zero-order valence-electron chi connectivity index (χ0n) is 12.8. The fraction of sp³-hybridized carbons (Fsp3) is 0.526. The van der Waals surface area contributed by atoms with Crippen LogP contribution in [0, 0.1) is 17.8 Å². The number of amides is 1. The lowest BCUT2D eigenvalue weighted by molar-refractivity contribution is -0.0167. The zero-order valence-corrected chi connectivity index (χ0v) is 12.8. The molecule has 1 aromatic carbocycles. The molecule has 6 rings (SSSR count). The van der Waals surface area contributed by atoms with Gasteiger partial charge in [0.15, 0.2) is 0 Å². The molecule has 1 aromatic heterocycles. The van der Waals surface area contributed by atoms with Crippen LogP contribution in [0.1, 0.15) is 48.9 Å². The standard InChI is InChI=1S/C19H22N2O/c22-18(16-2-1-15-3-4-20-17(15)8-16)21-19-9-12-5-13(10-19)7-14(6-12)11-19/h1-4,8,12-14,20H,5-7,9-11H2,(H,21,22). The molecular formula is C19H22N2O. The Morgan fingerprint density at radius 1 is 1.05 bits per heavy atom. The van der Waals surface area contributed by atoms with E-state index in [2.05, 4.69) is 10.3 Å². The van der Waals surface area contributed by atoms with Gasteiger partial charge in [0.25, 0.3) is 5.91 Å². The van der Waals surface area contributed by atoms with Crippen LogP contribution >= 0.6 is 0 Å². The molecule has 1 heterocycles. The lowest BCUT2D eigenvalue weighted by atomic mass is 9.53. The van der Waals surface area contributed by atoms with Gasteiger partial charge >= 0.3 is 0 Å². The van der Waals surface area contributed by atoms with Gasteiger partial charge in [-0.25, -0.2) is 0 Å². The number of aromatic amines is 1. The molecule has 4 aliphatic rings. The van der Waals surface area contributed by atoms with Gasteiger partial charge in [0.1, 0.15) is 0 Å². The van der Waals surface area contributed by atoms with Crippen LogP contribution in [-0.2, 0) is 0 Å². The Kier molecular flexibility index (Phi) is 2.53. The van der Waals surface area contributed by atoms with Crippen molar-refractivity contribution in [3.63, 3.8) is 0 Å². The molecule has 2 N–H and O–H groups in total. The van der Waals surface area contributed by atoms with Crippen LogP contribution in [0.2, 0.25) is 0 Å². The van der Waals surface area contributed by atoms with Crippen LogP contribution in [0.15, 0.2) is 30.5 Å². The number of carbonyl (C=O) groups is 1. The van der Waals surface area contributed by atoms with Crippen molar-refractivity contribution in [1.29, 1.82) is 0 Å². The predicted octanol–water partition coefficient (Wildman–Crippen LogP) is 3.87. The van der Waals surface area contributed by atoms with Crippen LogP contribution in [0.3, 0.4) is 0 Å². The van der Waals surface area contributed by atoms with Gasteiger partial charge in [0.2, 0.25) is 0 Å². The number of benzene rings is 1. The predicted molar refractivity (Wildman–Crippen MR) is 86.7 cm³/mol. The summed E-state index contributed by atoms with van der Waals surface area (Å²) >= 11 is 0. The first-order chi connectivity index (χ1) is 10.7. The third-order valence-electron chi connectivity index (χ3n) is 6.23. The lowest BCUT2D eigenvalue weighted by Gasteiger charge is -2.56. The molecular weight excluding hydrogens is 272 g/mol. The zero-order chi connectivity index (χ0) is 14.7. The van der Waals surface area contributed by atoms with Gasteiger partial charge in [-0.1, -0.05) is 6.07 Å². The van der Waals surface area contributed by atoms with E-state index in [9.17, 15) is 4.79 Å². The first-order valence-electron chi connectivity index (χ1n) is 8.59. The van der Waals surface area contributed by atoms with E-state index in [0.29, 0.717) is 0 Å². The molecule has 0 spiro atoms. The minimum atomic E-state index is 0.0938. The highest BCUT2D eigenvalue weighted by Gasteiger charge is 2.51. The summed E-state index contributed by atoms with van der Waals surface area (Å²) in [5.74, 6) is 2.69. The highest BCUT2D eigenvalue weighted by atomic mass is 16.1. The summed E-state index contributed by atoms with van der Waals surface area (Å²) in [5, 5.41) is 4.60. The van der Waals surface area contributed by atoms with E-state index < -0.39 is 0 Å². The van der Waals surface area contributed by atoms with Gasteiger partial charge in [0, 0.05) is 22.8 Å². The van der Waals surface area contributed by atoms with Crippen molar-refractivity contribution in [3.05, 3.63) is 36.0 Å². The first kappa shape index (κ1) is 12.7. The average molecular weight is 294 g/mol. The van der Waals surface area contributed by atoms with E-state index in [-0.39, 0.29) is 11.4 Å². The van der Waals surface area contributed by atoms with Gasteiger partial charge in [-0.3, -0.25) is 4.79 Å². The van der Waals surface area contributed by atoms with E-state index in [1.807, 2.05) is 30.5 Å². The quantitative estimate of drug-likeness (QED) is 0.867. The smallest absolute Gasteiger partial charge is 0.251 e. The summed E-state index contributed by atoms with van der Waals surface area (Å²) in [6.07, 6.45) is 9.75. The fourth-order valence-corrected chi connectivity index (χ4v) is 5.77. The number of hydrogen-bond donors (Lipinski definition) is 2. The Hall–Kier alpha value is -1.77. The van der Waals surface area contributed by atoms with Crippen molar-refractivity contribution in [2.24, 2.45) is 17.8 Å². The first-order valence-corrected chi connectivity index (χ1v) is 8.59. The highest BCUT2D eigenvalue weighted by molar-refractivity contribution is 5.98. The van der Waals surface area contributed by atoms with Crippen LogP contribution in [0.4, 0.5) is 0 Å². The highest BCUT2D eigenvalue weighted by Crippen LogP contribution is 2.55. The topological polar surface area (TPSA) is 44.9 Å². The number of hydrogen-bond acceptors (Lipinski definition) is 1. The molecule has 0 radical (unpaired) electrons. The number of carbonyl (C=O) groups excluding carboxylic acids is 1. The summed E-state index contributed by atoms with van der Waals surface area (Å²) < 4.78 is 0. The van der Waals surface area contributed by atoms with Crippen LogP contribution in [0.25, 0.3) is 10.9 Å². The minimum absolute atomic E-state index is 0.0938. The second-order valence-corrected chi connectivity index (χ2v) is 7.93. The van der Waals surface area contributed by atoms with Gasteiger partial charge in [0.05, 0.1) is 0 Å². The molecule has 3 nitrogen and oxygen atoms in total. The third kappa shape index (κ3) is 1.91. The summed E-state index contributed by atoms with van der Waals surface area (Å²) in [6, 6.07) is 7.99. The van der Waals surface area contributed by atoms with Gasteiger partial charge < -0.3 is 10.3 Å². The van der Waals surface area contributed by atoms with E-state index in [0.717, 1.165) is 34.2 Å². The van der Waals surface area contributed by atoms with Crippen molar-refractivity contribution < 1.29 is 4.79 Å². The van der Waals surface area contributed by atoms with E-state index in [1.165, 1.54) is 38.5 Å². The molecule has 0 atom stereocenters. The second kappa shape index (κ2) is 4.37. The Morgan fingerprint density at radius 2 is 1.73 bits per heavy atom.